The van der Waals surface area contributed by atoms with E-state index in [1.54, 1.807) is 6.07 Å². The Morgan fingerprint density at radius 3 is 2.68 bits per heavy atom. The topological polar surface area (TPSA) is 35.2 Å². The lowest BCUT2D eigenvalue weighted by Crippen LogP contribution is -2.36. The smallest absolute Gasteiger partial charge is 0.168 e. The number of hydrogen-bond donors (Lipinski definition) is 1. The van der Waals surface area contributed by atoms with Gasteiger partial charge in [-0.1, -0.05) is 26.0 Å². The fourth-order valence-corrected chi connectivity index (χ4v) is 3.16. The Hall–Kier alpha value is -1.09. The van der Waals surface area contributed by atoms with Crippen molar-refractivity contribution in [2.45, 2.75) is 45.1 Å². The van der Waals surface area contributed by atoms with Gasteiger partial charge in [0.1, 0.15) is 0 Å². The van der Waals surface area contributed by atoms with Gasteiger partial charge in [0.15, 0.2) is 11.6 Å². The number of hydrogen-bond acceptors (Lipinski definition) is 2. The van der Waals surface area contributed by atoms with E-state index < -0.39 is 0 Å². The predicted molar refractivity (Wildman–Crippen MR) is 75.8 cm³/mol. The monoisotopic (exact) mass is 265 g/mol. The van der Waals surface area contributed by atoms with Crippen LogP contribution in [0.5, 0.6) is 5.75 Å². The maximum atomic E-state index is 14.4. The first-order valence-corrected chi connectivity index (χ1v) is 7.12. The van der Waals surface area contributed by atoms with Gasteiger partial charge in [0.25, 0.3) is 0 Å². The van der Waals surface area contributed by atoms with E-state index in [-0.39, 0.29) is 17.8 Å². The number of ether oxygens (including phenoxy) is 1. The van der Waals surface area contributed by atoms with Crippen molar-refractivity contribution in [3.8, 4) is 5.75 Å². The highest BCUT2D eigenvalue weighted by molar-refractivity contribution is 5.34. The minimum Gasteiger partial charge on any atom is -0.494 e. The second kappa shape index (κ2) is 5.91. The summed E-state index contributed by atoms with van der Waals surface area (Å²) in [4.78, 5) is 0. The van der Waals surface area contributed by atoms with Gasteiger partial charge in [0, 0.05) is 12.0 Å². The maximum absolute atomic E-state index is 14.4. The summed E-state index contributed by atoms with van der Waals surface area (Å²) < 4.78 is 19.4. The number of nitrogens with two attached hydrogens (primary N) is 1. The van der Waals surface area contributed by atoms with Crippen molar-refractivity contribution in [2.24, 2.45) is 17.6 Å². The molecule has 1 aliphatic carbocycles. The molecule has 1 aliphatic rings. The molecule has 0 amide bonds. The molecule has 0 aliphatic heterocycles. The quantitative estimate of drug-likeness (QED) is 0.904. The van der Waals surface area contributed by atoms with Crippen LogP contribution in [0.3, 0.4) is 0 Å². The predicted octanol–water partition coefficient (Wildman–Crippen LogP) is 3.70. The van der Waals surface area contributed by atoms with Crippen molar-refractivity contribution in [3.05, 3.63) is 29.6 Å². The molecule has 3 unspecified atom stereocenters. The molecular weight excluding hydrogens is 241 g/mol. The van der Waals surface area contributed by atoms with Crippen molar-refractivity contribution in [2.75, 3.05) is 7.11 Å². The van der Waals surface area contributed by atoms with Crippen molar-refractivity contribution >= 4 is 0 Å². The zero-order valence-electron chi connectivity index (χ0n) is 12.0. The third kappa shape index (κ3) is 2.92. The first-order chi connectivity index (χ1) is 9.04. The second-order valence-corrected chi connectivity index (χ2v) is 5.95. The molecule has 3 atom stereocenters. The van der Waals surface area contributed by atoms with Crippen LogP contribution < -0.4 is 10.5 Å². The van der Waals surface area contributed by atoms with Gasteiger partial charge in [-0.15, -0.1) is 0 Å². The molecular formula is C16H24FNO. The number of benzene rings is 1. The van der Waals surface area contributed by atoms with Crippen LogP contribution in [0, 0.1) is 17.7 Å². The van der Waals surface area contributed by atoms with Gasteiger partial charge in [-0.05, 0) is 42.7 Å². The zero-order valence-corrected chi connectivity index (χ0v) is 12.0. The number of methoxy groups -OCH3 is 1. The van der Waals surface area contributed by atoms with Gasteiger partial charge in [-0.2, -0.15) is 0 Å². The molecule has 0 aromatic heterocycles. The van der Waals surface area contributed by atoms with Crippen LogP contribution in [0.1, 0.15) is 44.6 Å². The third-order valence-electron chi connectivity index (χ3n) is 4.50. The van der Waals surface area contributed by atoms with E-state index >= 15 is 0 Å². The van der Waals surface area contributed by atoms with E-state index in [4.69, 9.17) is 10.5 Å². The molecule has 0 radical (unpaired) electrons. The number of halogens is 1. The summed E-state index contributed by atoms with van der Waals surface area (Å²) in [5, 5.41) is 0. The van der Waals surface area contributed by atoms with E-state index in [1.165, 1.54) is 7.11 Å². The van der Waals surface area contributed by atoms with Crippen LogP contribution >= 0.6 is 0 Å². The van der Waals surface area contributed by atoms with E-state index in [0.29, 0.717) is 17.6 Å². The first-order valence-electron chi connectivity index (χ1n) is 7.12. The minimum absolute atomic E-state index is 0.0524. The Morgan fingerprint density at radius 2 is 2.05 bits per heavy atom. The van der Waals surface area contributed by atoms with Crippen LogP contribution in [0.4, 0.5) is 4.39 Å². The molecule has 2 nitrogen and oxygen atoms in total. The average molecular weight is 265 g/mol. The van der Waals surface area contributed by atoms with Gasteiger partial charge >= 0.3 is 0 Å². The SMILES string of the molecule is COc1cccc(C2CC(C(C)C)CCC2N)c1F. The summed E-state index contributed by atoms with van der Waals surface area (Å²) in [7, 11) is 1.50. The van der Waals surface area contributed by atoms with E-state index in [2.05, 4.69) is 13.8 Å². The van der Waals surface area contributed by atoms with Crippen molar-refractivity contribution < 1.29 is 9.13 Å². The van der Waals surface area contributed by atoms with E-state index in [9.17, 15) is 4.39 Å². The van der Waals surface area contributed by atoms with E-state index in [0.717, 1.165) is 24.8 Å². The van der Waals surface area contributed by atoms with Gasteiger partial charge < -0.3 is 10.5 Å². The number of rotatable bonds is 3. The zero-order chi connectivity index (χ0) is 14.0. The van der Waals surface area contributed by atoms with Crippen molar-refractivity contribution in [1.82, 2.24) is 0 Å². The fourth-order valence-electron chi connectivity index (χ4n) is 3.16. The highest BCUT2D eigenvalue weighted by atomic mass is 19.1. The molecule has 106 valence electrons. The molecule has 19 heavy (non-hydrogen) atoms. The summed E-state index contributed by atoms with van der Waals surface area (Å²) in [5.74, 6) is 1.45. The Morgan fingerprint density at radius 1 is 1.32 bits per heavy atom. The van der Waals surface area contributed by atoms with Gasteiger partial charge in [0.05, 0.1) is 7.11 Å². The van der Waals surface area contributed by atoms with Gasteiger partial charge in [-0.3, -0.25) is 0 Å². The molecule has 2 rings (SSSR count). The largest absolute Gasteiger partial charge is 0.494 e. The molecule has 1 fully saturated rings. The lowest BCUT2D eigenvalue weighted by molar-refractivity contribution is 0.229. The minimum atomic E-state index is -0.241. The fraction of sp³-hybridized carbons (Fsp3) is 0.625. The highest BCUT2D eigenvalue weighted by Crippen LogP contribution is 2.40. The molecule has 0 heterocycles. The summed E-state index contributed by atoms with van der Waals surface area (Å²) in [6.45, 7) is 4.47. The normalized spacial score (nSPS) is 27.6. The van der Waals surface area contributed by atoms with Crippen molar-refractivity contribution in [1.29, 1.82) is 0 Å². The Bertz CT molecular complexity index is 433. The van der Waals surface area contributed by atoms with E-state index in [1.807, 2.05) is 12.1 Å². The van der Waals surface area contributed by atoms with Crippen LogP contribution in [0.15, 0.2) is 18.2 Å². The summed E-state index contributed by atoms with van der Waals surface area (Å²) in [6.07, 6.45) is 3.11. The Labute approximate surface area is 115 Å². The lowest BCUT2D eigenvalue weighted by atomic mass is 9.71. The first kappa shape index (κ1) is 14.3. The molecule has 0 saturated heterocycles. The Kier molecular flexibility index (Phi) is 4.46. The molecule has 2 N–H and O–H groups in total. The second-order valence-electron chi connectivity index (χ2n) is 5.95. The summed E-state index contributed by atoms with van der Waals surface area (Å²) >= 11 is 0. The lowest BCUT2D eigenvalue weighted by Gasteiger charge is -2.36. The van der Waals surface area contributed by atoms with Crippen LogP contribution in [-0.2, 0) is 0 Å². The summed E-state index contributed by atoms with van der Waals surface area (Å²) in [5.41, 5.74) is 6.95. The highest BCUT2D eigenvalue weighted by Gasteiger charge is 2.32. The molecule has 3 heteroatoms. The van der Waals surface area contributed by atoms with Crippen LogP contribution in [0.2, 0.25) is 0 Å². The third-order valence-corrected chi connectivity index (χ3v) is 4.50. The van der Waals surface area contributed by atoms with Gasteiger partial charge in [0.2, 0.25) is 0 Å². The molecule has 1 aromatic carbocycles. The van der Waals surface area contributed by atoms with Crippen molar-refractivity contribution in [3.63, 3.8) is 0 Å². The summed E-state index contributed by atoms with van der Waals surface area (Å²) in [6, 6.07) is 5.41. The van der Waals surface area contributed by atoms with Crippen LogP contribution in [0.25, 0.3) is 0 Å². The van der Waals surface area contributed by atoms with Crippen LogP contribution in [-0.4, -0.2) is 13.2 Å². The molecule has 1 aromatic rings. The standard InChI is InChI=1S/C16H24FNO/c1-10(2)11-7-8-14(18)13(9-11)12-5-4-6-15(19-3)16(12)17/h4-6,10-11,13-14H,7-9,18H2,1-3H3. The van der Waals surface area contributed by atoms with Gasteiger partial charge in [-0.25, -0.2) is 4.39 Å². The molecule has 0 spiro atoms. The Balaban J connectivity index is 2.28. The molecule has 1 saturated carbocycles. The average Bonchev–Trinajstić information content (AvgIpc) is 2.39. The maximum Gasteiger partial charge on any atom is 0.168 e. The molecule has 0 bridgehead atoms.